The van der Waals surface area contributed by atoms with E-state index in [0.717, 1.165) is 24.3 Å². The maximum absolute atomic E-state index is 5.63. The van der Waals surface area contributed by atoms with Crippen LogP contribution in [0.15, 0.2) is 0 Å². The molecule has 0 heterocycles. The van der Waals surface area contributed by atoms with Gasteiger partial charge < -0.3 is 5.73 Å². The van der Waals surface area contributed by atoms with Crippen LogP contribution in [-0.4, -0.2) is 6.54 Å². The van der Waals surface area contributed by atoms with Crippen molar-refractivity contribution >= 4 is 0 Å². The van der Waals surface area contributed by atoms with Crippen molar-refractivity contribution in [3.63, 3.8) is 0 Å². The van der Waals surface area contributed by atoms with E-state index in [2.05, 4.69) is 0 Å². The first kappa shape index (κ1) is 8.55. The van der Waals surface area contributed by atoms with Crippen molar-refractivity contribution in [1.82, 2.24) is 0 Å². The van der Waals surface area contributed by atoms with Crippen molar-refractivity contribution in [2.75, 3.05) is 6.54 Å². The van der Waals surface area contributed by atoms with Crippen LogP contribution in [0.3, 0.4) is 0 Å². The fourth-order valence-electron chi connectivity index (χ4n) is 2.74. The Kier molecular flexibility index (Phi) is 2.69. The highest BCUT2D eigenvalue weighted by atomic mass is 14.6. The molecule has 0 amide bonds. The minimum atomic E-state index is 0.909. The Morgan fingerprint density at radius 2 is 1.75 bits per heavy atom. The maximum atomic E-state index is 5.63. The molecule has 0 aliphatic heterocycles. The zero-order chi connectivity index (χ0) is 8.39. The summed E-state index contributed by atoms with van der Waals surface area (Å²) >= 11 is 0. The van der Waals surface area contributed by atoms with Gasteiger partial charge in [-0.05, 0) is 37.1 Å². The lowest BCUT2D eigenvalue weighted by atomic mass is 9.85. The zero-order valence-electron chi connectivity index (χ0n) is 7.97. The number of nitrogens with two attached hydrogens (primary N) is 1. The molecule has 2 fully saturated rings. The molecule has 0 aromatic heterocycles. The summed E-state index contributed by atoms with van der Waals surface area (Å²) in [6.45, 7) is 0.942. The molecule has 2 unspecified atom stereocenters. The van der Waals surface area contributed by atoms with Crippen LogP contribution in [0, 0.1) is 17.8 Å². The van der Waals surface area contributed by atoms with Crippen LogP contribution < -0.4 is 5.73 Å². The van der Waals surface area contributed by atoms with E-state index in [1.54, 1.807) is 0 Å². The van der Waals surface area contributed by atoms with Gasteiger partial charge in [-0.2, -0.15) is 0 Å². The summed E-state index contributed by atoms with van der Waals surface area (Å²) in [4.78, 5) is 0. The van der Waals surface area contributed by atoms with Crippen molar-refractivity contribution in [1.29, 1.82) is 0 Å². The maximum Gasteiger partial charge on any atom is -0.00461 e. The topological polar surface area (TPSA) is 26.0 Å². The summed E-state index contributed by atoms with van der Waals surface area (Å²) in [5, 5.41) is 0. The number of rotatable bonds is 3. The Balaban J connectivity index is 1.66. The fraction of sp³-hybridized carbons (Fsp3) is 1.00. The molecule has 2 atom stereocenters. The van der Waals surface area contributed by atoms with Crippen LogP contribution >= 0.6 is 0 Å². The Bertz CT molecular complexity index is 138. The van der Waals surface area contributed by atoms with E-state index in [4.69, 9.17) is 5.73 Å². The highest BCUT2D eigenvalue weighted by Crippen LogP contribution is 2.44. The van der Waals surface area contributed by atoms with Gasteiger partial charge in [-0.15, -0.1) is 0 Å². The second kappa shape index (κ2) is 3.78. The molecule has 2 aliphatic carbocycles. The van der Waals surface area contributed by atoms with Crippen LogP contribution in [0.1, 0.15) is 44.9 Å². The first-order valence-electron chi connectivity index (χ1n) is 5.60. The molecule has 1 nitrogen and oxygen atoms in total. The molecule has 0 bridgehead atoms. The van der Waals surface area contributed by atoms with Gasteiger partial charge in [-0.25, -0.2) is 0 Å². The molecule has 0 spiro atoms. The third-order valence-corrected chi connectivity index (χ3v) is 3.73. The van der Waals surface area contributed by atoms with Crippen molar-refractivity contribution in [3.8, 4) is 0 Å². The minimum absolute atomic E-state index is 0.909. The zero-order valence-corrected chi connectivity index (χ0v) is 7.97. The van der Waals surface area contributed by atoms with E-state index in [1.807, 2.05) is 0 Å². The summed E-state index contributed by atoms with van der Waals surface area (Å²) in [6.07, 6.45) is 10.4. The second-order valence-electron chi connectivity index (χ2n) is 4.73. The van der Waals surface area contributed by atoms with Crippen LogP contribution in [0.2, 0.25) is 0 Å². The van der Waals surface area contributed by atoms with Crippen molar-refractivity contribution in [3.05, 3.63) is 0 Å². The Morgan fingerprint density at radius 1 is 1.00 bits per heavy atom. The summed E-state index contributed by atoms with van der Waals surface area (Å²) in [6, 6.07) is 0. The van der Waals surface area contributed by atoms with Gasteiger partial charge in [0, 0.05) is 0 Å². The Labute approximate surface area is 75.7 Å². The van der Waals surface area contributed by atoms with Gasteiger partial charge in [0.25, 0.3) is 0 Å². The van der Waals surface area contributed by atoms with E-state index in [9.17, 15) is 0 Å². The van der Waals surface area contributed by atoms with Gasteiger partial charge in [-0.3, -0.25) is 0 Å². The third-order valence-electron chi connectivity index (χ3n) is 3.73. The first-order chi connectivity index (χ1) is 5.90. The van der Waals surface area contributed by atoms with Crippen molar-refractivity contribution in [2.24, 2.45) is 23.5 Å². The molecule has 1 heteroatoms. The molecule has 0 saturated heterocycles. The van der Waals surface area contributed by atoms with E-state index >= 15 is 0 Å². The van der Waals surface area contributed by atoms with Gasteiger partial charge >= 0.3 is 0 Å². The monoisotopic (exact) mass is 167 g/mol. The third kappa shape index (κ3) is 2.01. The van der Waals surface area contributed by atoms with Crippen molar-refractivity contribution in [2.45, 2.75) is 44.9 Å². The van der Waals surface area contributed by atoms with Gasteiger partial charge in [0.05, 0.1) is 0 Å². The molecule has 70 valence electrons. The highest BCUT2D eigenvalue weighted by Gasteiger charge is 2.36. The SMILES string of the molecule is NCC1CC1CC1CCCCC1. The van der Waals surface area contributed by atoms with E-state index in [1.165, 1.54) is 44.9 Å². The smallest absolute Gasteiger partial charge is 0.00461 e. The molecule has 2 N–H and O–H groups in total. The second-order valence-corrected chi connectivity index (χ2v) is 4.73. The predicted molar refractivity (Wildman–Crippen MR) is 51.8 cm³/mol. The Hall–Kier alpha value is -0.0400. The fourth-order valence-corrected chi connectivity index (χ4v) is 2.74. The summed E-state index contributed by atoms with van der Waals surface area (Å²) in [7, 11) is 0. The average Bonchev–Trinajstić information content (AvgIpc) is 2.85. The average molecular weight is 167 g/mol. The van der Waals surface area contributed by atoms with Gasteiger partial charge in [0.15, 0.2) is 0 Å². The van der Waals surface area contributed by atoms with E-state index < -0.39 is 0 Å². The Morgan fingerprint density at radius 3 is 2.33 bits per heavy atom. The van der Waals surface area contributed by atoms with Gasteiger partial charge in [0.2, 0.25) is 0 Å². The predicted octanol–water partition coefficient (Wildman–Crippen LogP) is 2.55. The molecule has 12 heavy (non-hydrogen) atoms. The molecular weight excluding hydrogens is 146 g/mol. The summed E-state index contributed by atoms with van der Waals surface area (Å²) < 4.78 is 0. The largest absolute Gasteiger partial charge is 0.330 e. The van der Waals surface area contributed by atoms with Crippen LogP contribution in [0.5, 0.6) is 0 Å². The van der Waals surface area contributed by atoms with Gasteiger partial charge in [-0.1, -0.05) is 32.1 Å². The van der Waals surface area contributed by atoms with Crippen LogP contribution in [0.4, 0.5) is 0 Å². The molecule has 2 rings (SSSR count). The normalized spacial score (nSPS) is 36.8. The molecule has 0 aromatic rings. The van der Waals surface area contributed by atoms with Crippen LogP contribution in [-0.2, 0) is 0 Å². The summed E-state index contributed by atoms with van der Waals surface area (Å²) in [5.74, 6) is 3.00. The lowest BCUT2D eigenvalue weighted by molar-refractivity contribution is 0.320. The number of hydrogen-bond acceptors (Lipinski definition) is 1. The van der Waals surface area contributed by atoms with E-state index in [0.29, 0.717) is 0 Å². The first-order valence-corrected chi connectivity index (χ1v) is 5.60. The van der Waals surface area contributed by atoms with E-state index in [-0.39, 0.29) is 0 Å². The molecule has 0 aromatic carbocycles. The molecular formula is C11H21N. The summed E-state index contributed by atoms with van der Waals surface area (Å²) in [5.41, 5.74) is 5.63. The quantitative estimate of drug-likeness (QED) is 0.687. The van der Waals surface area contributed by atoms with Gasteiger partial charge in [0.1, 0.15) is 0 Å². The standard InChI is InChI=1S/C11H21N/c12-8-11-7-10(11)6-9-4-2-1-3-5-9/h9-11H,1-8,12H2. The van der Waals surface area contributed by atoms with Crippen LogP contribution in [0.25, 0.3) is 0 Å². The number of hydrogen-bond donors (Lipinski definition) is 1. The molecule has 0 radical (unpaired) electrons. The highest BCUT2D eigenvalue weighted by molar-refractivity contribution is 4.88. The lowest BCUT2D eigenvalue weighted by Crippen LogP contribution is -2.09. The molecule has 2 saturated carbocycles. The minimum Gasteiger partial charge on any atom is -0.330 e. The molecule has 2 aliphatic rings. The lowest BCUT2D eigenvalue weighted by Gasteiger charge is -2.21. The van der Waals surface area contributed by atoms with Crippen molar-refractivity contribution < 1.29 is 0 Å².